The van der Waals surface area contributed by atoms with Crippen LogP contribution >= 0.6 is 0 Å². The predicted molar refractivity (Wildman–Crippen MR) is 130 cm³/mol. The average Bonchev–Trinajstić information content (AvgIpc) is 3.29. The van der Waals surface area contributed by atoms with Gasteiger partial charge in [0, 0.05) is 44.1 Å². The van der Waals surface area contributed by atoms with Crippen molar-refractivity contribution in [3.05, 3.63) is 54.9 Å². The molecule has 2 bridgehead atoms. The average molecular weight is 442 g/mol. The fourth-order valence-electron chi connectivity index (χ4n) is 5.09. The van der Waals surface area contributed by atoms with E-state index in [2.05, 4.69) is 38.3 Å². The predicted octanol–water partition coefficient (Wildman–Crippen LogP) is 4.16. The number of hydrogen-bond donors (Lipinski definition) is 1. The zero-order valence-electron chi connectivity index (χ0n) is 18.5. The van der Waals surface area contributed by atoms with E-state index >= 15 is 0 Å². The summed E-state index contributed by atoms with van der Waals surface area (Å²) < 4.78 is 0. The number of nitrogens with one attached hydrogen (secondary N) is 1. The number of amides is 2. The Morgan fingerprint density at radius 2 is 1.85 bits per heavy atom. The summed E-state index contributed by atoms with van der Waals surface area (Å²) in [5, 5.41) is 2.94. The van der Waals surface area contributed by atoms with Gasteiger partial charge in [-0.2, -0.15) is 0 Å². The van der Waals surface area contributed by atoms with Gasteiger partial charge in [0.15, 0.2) is 5.82 Å². The first-order valence-electron chi connectivity index (χ1n) is 11.7. The van der Waals surface area contributed by atoms with Crippen molar-refractivity contribution < 1.29 is 4.79 Å². The fourth-order valence-corrected chi connectivity index (χ4v) is 5.09. The molecule has 3 aliphatic heterocycles. The van der Waals surface area contributed by atoms with E-state index in [0.717, 1.165) is 55.4 Å². The van der Waals surface area contributed by atoms with Crippen LogP contribution in [0.1, 0.15) is 25.7 Å². The van der Waals surface area contributed by atoms with Crippen LogP contribution in [-0.2, 0) is 0 Å². The fraction of sp³-hybridized carbons (Fsp3) is 0.360. The van der Waals surface area contributed by atoms with Gasteiger partial charge in [-0.15, -0.1) is 0 Å². The highest BCUT2D eigenvalue weighted by Gasteiger charge is 2.40. The van der Waals surface area contributed by atoms with Crippen molar-refractivity contribution in [1.82, 2.24) is 15.0 Å². The van der Waals surface area contributed by atoms with Crippen molar-refractivity contribution in [2.24, 2.45) is 0 Å². The molecule has 3 aromatic rings. The van der Waals surface area contributed by atoms with Gasteiger partial charge in [0.2, 0.25) is 0 Å². The van der Waals surface area contributed by atoms with Crippen LogP contribution in [0.4, 0.5) is 27.9 Å². The first-order valence-corrected chi connectivity index (χ1v) is 11.7. The van der Waals surface area contributed by atoms with E-state index in [-0.39, 0.29) is 12.1 Å². The Balaban J connectivity index is 1.30. The Morgan fingerprint density at radius 1 is 0.939 bits per heavy atom. The molecule has 33 heavy (non-hydrogen) atoms. The zero-order chi connectivity index (χ0) is 22.2. The number of carbonyl (C=O) groups excluding carboxylic acids is 1. The van der Waals surface area contributed by atoms with Gasteiger partial charge < -0.3 is 9.80 Å². The molecule has 0 saturated carbocycles. The summed E-state index contributed by atoms with van der Waals surface area (Å²) >= 11 is 0. The Morgan fingerprint density at radius 3 is 2.64 bits per heavy atom. The lowest BCUT2D eigenvalue weighted by Gasteiger charge is -2.35. The summed E-state index contributed by atoms with van der Waals surface area (Å²) in [4.78, 5) is 33.7. The monoisotopic (exact) mass is 441 g/mol. The molecule has 1 N–H and O–H groups in total. The third kappa shape index (κ3) is 3.75. The van der Waals surface area contributed by atoms with Crippen LogP contribution in [0.25, 0.3) is 11.3 Å². The van der Waals surface area contributed by atoms with Crippen LogP contribution in [0.15, 0.2) is 54.9 Å². The number of hydrogen-bond acceptors (Lipinski definition) is 6. The molecule has 6 heterocycles. The third-order valence-corrected chi connectivity index (χ3v) is 6.79. The highest BCUT2D eigenvalue weighted by Crippen LogP contribution is 2.40. The van der Waals surface area contributed by atoms with Crippen molar-refractivity contribution >= 4 is 29.2 Å². The zero-order valence-corrected chi connectivity index (χ0v) is 18.5. The first-order chi connectivity index (χ1) is 16.3. The minimum absolute atomic E-state index is 0.101. The van der Waals surface area contributed by atoms with E-state index in [1.54, 1.807) is 12.3 Å². The molecular formula is C25H27N7O. The summed E-state index contributed by atoms with van der Waals surface area (Å²) in [7, 11) is 0. The number of rotatable bonds is 3. The molecule has 8 heteroatoms. The molecule has 168 valence electrons. The van der Waals surface area contributed by atoms with E-state index in [0.29, 0.717) is 11.6 Å². The van der Waals surface area contributed by atoms with Gasteiger partial charge in [-0.3, -0.25) is 10.2 Å². The maximum absolute atomic E-state index is 13.3. The first kappa shape index (κ1) is 20.0. The lowest BCUT2D eigenvalue weighted by molar-refractivity contribution is 0.254. The van der Waals surface area contributed by atoms with Crippen LogP contribution in [0.3, 0.4) is 0 Å². The van der Waals surface area contributed by atoms with Gasteiger partial charge >= 0.3 is 6.03 Å². The van der Waals surface area contributed by atoms with Crippen molar-refractivity contribution in [2.75, 3.05) is 46.2 Å². The topological polar surface area (TPSA) is 77.5 Å². The number of fused-ring (bicyclic) bond motifs is 4. The highest BCUT2D eigenvalue weighted by molar-refractivity contribution is 6.04. The summed E-state index contributed by atoms with van der Waals surface area (Å²) in [6, 6.07) is 13.7. The normalized spacial score (nSPS) is 19.4. The van der Waals surface area contributed by atoms with Gasteiger partial charge in [0.25, 0.3) is 0 Å². The molecule has 6 rings (SSSR count). The van der Waals surface area contributed by atoms with Gasteiger partial charge in [0.05, 0.1) is 17.4 Å². The molecular weight excluding hydrogens is 414 g/mol. The summed E-state index contributed by atoms with van der Waals surface area (Å²) in [6.45, 7) is 3.90. The van der Waals surface area contributed by atoms with Crippen molar-refractivity contribution in [1.29, 1.82) is 0 Å². The minimum Gasteiger partial charge on any atom is -0.366 e. The quantitative estimate of drug-likeness (QED) is 0.658. The Labute approximate surface area is 193 Å². The summed E-state index contributed by atoms with van der Waals surface area (Å²) in [6.07, 6.45) is 8.25. The Kier molecular flexibility index (Phi) is 5.05. The number of piperidine rings is 1. The second kappa shape index (κ2) is 8.35. The molecule has 3 aromatic heterocycles. The molecule has 2 fully saturated rings. The van der Waals surface area contributed by atoms with E-state index in [1.807, 2.05) is 29.3 Å². The highest BCUT2D eigenvalue weighted by atomic mass is 16.2. The molecule has 0 aromatic carbocycles. The van der Waals surface area contributed by atoms with E-state index in [1.165, 1.54) is 19.3 Å². The Bertz CT molecular complexity index is 1150. The largest absolute Gasteiger partial charge is 0.366 e. The summed E-state index contributed by atoms with van der Waals surface area (Å²) in [5.74, 6) is 2.27. The molecule has 2 saturated heterocycles. The molecule has 0 spiro atoms. The van der Waals surface area contributed by atoms with Crippen molar-refractivity contribution in [2.45, 2.75) is 31.7 Å². The standard InChI is InChI=1S/C25H27N7O/c33-25(29-22-6-2-3-12-26-22)32-19-11-15-31(17-19)21-9-8-20(28-24(21)32)18-7-10-23(27-16-18)30-13-4-1-5-14-30/h2-3,6-10,12,16,19H,1,4-5,11,13-15,17H2,(H,26,29,33)/t19-/m0/s1. The molecule has 2 amide bonds. The van der Waals surface area contributed by atoms with Gasteiger partial charge in [-0.25, -0.2) is 19.7 Å². The van der Waals surface area contributed by atoms with Crippen molar-refractivity contribution in [3.8, 4) is 11.3 Å². The lowest BCUT2D eigenvalue weighted by atomic mass is 10.1. The molecule has 0 unspecified atom stereocenters. The summed E-state index contributed by atoms with van der Waals surface area (Å²) in [5.41, 5.74) is 2.78. The maximum atomic E-state index is 13.3. The maximum Gasteiger partial charge on any atom is 0.329 e. The van der Waals surface area contributed by atoms with Crippen LogP contribution in [0, 0.1) is 0 Å². The number of pyridine rings is 3. The number of aromatic nitrogens is 3. The van der Waals surface area contributed by atoms with E-state index in [9.17, 15) is 4.79 Å². The van der Waals surface area contributed by atoms with Gasteiger partial charge in [0.1, 0.15) is 11.6 Å². The van der Waals surface area contributed by atoms with Crippen molar-refractivity contribution in [3.63, 3.8) is 0 Å². The SMILES string of the molecule is O=C(Nc1ccccn1)N1c2nc(-c3ccc(N4CCCCC4)nc3)ccc2N2CC[C@H]1C2. The minimum atomic E-state index is -0.190. The van der Waals surface area contributed by atoms with E-state index in [4.69, 9.17) is 9.97 Å². The van der Waals surface area contributed by atoms with E-state index < -0.39 is 0 Å². The molecule has 0 aliphatic carbocycles. The number of nitrogens with zero attached hydrogens (tertiary/aromatic N) is 6. The smallest absolute Gasteiger partial charge is 0.329 e. The molecule has 0 radical (unpaired) electrons. The van der Waals surface area contributed by atoms with Crippen LogP contribution in [0.5, 0.6) is 0 Å². The number of carbonyl (C=O) groups is 1. The third-order valence-electron chi connectivity index (χ3n) is 6.79. The second-order valence-corrected chi connectivity index (χ2v) is 8.90. The van der Waals surface area contributed by atoms with Crippen LogP contribution in [-0.4, -0.2) is 53.2 Å². The molecule has 1 atom stereocenters. The van der Waals surface area contributed by atoms with Gasteiger partial charge in [-0.1, -0.05) is 6.07 Å². The molecule has 8 nitrogen and oxygen atoms in total. The van der Waals surface area contributed by atoms with Crippen LogP contribution in [0.2, 0.25) is 0 Å². The molecule has 3 aliphatic rings. The van der Waals surface area contributed by atoms with Gasteiger partial charge in [-0.05, 0) is 62.1 Å². The van der Waals surface area contributed by atoms with Crippen LogP contribution < -0.4 is 20.0 Å². The lowest BCUT2D eigenvalue weighted by Crippen LogP contribution is -2.48. The number of urea groups is 1. The number of anilines is 4. The Hall–Kier alpha value is -3.68. The second-order valence-electron chi connectivity index (χ2n) is 8.90.